The molecule has 33 heavy (non-hydrogen) atoms. The fraction of sp³-hybridized carbons (Fsp3) is 0.400. The topological polar surface area (TPSA) is 109 Å². The van der Waals surface area contributed by atoms with Crippen molar-refractivity contribution in [2.24, 2.45) is 0 Å². The highest BCUT2D eigenvalue weighted by molar-refractivity contribution is 5.84. The smallest absolute Gasteiger partial charge is 0.407 e. The maximum Gasteiger partial charge on any atom is 0.419 e. The van der Waals surface area contributed by atoms with Gasteiger partial charge in [-0.3, -0.25) is 9.36 Å². The number of hydrogen-bond donors (Lipinski definition) is 2. The lowest BCUT2D eigenvalue weighted by molar-refractivity contribution is -0.132. The summed E-state index contributed by atoms with van der Waals surface area (Å²) in [6.45, 7) is 6.18. The number of rotatable bonds is 6. The normalized spacial score (nSPS) is 17.3. The Morgan fingerprint density at radius 2 is 2.09 bits per heavy atom. The molecule has 4 rings (SSSR count). The third-order valence-corrected chi connectivity index (χ3v) is 5.91. The highest BCUT2D eigenvalue weighted by Crippen LogP contribution is 2.27. The summed E-state index contributed by atoms with van der Waals surface area (Å²) in [5, 5.41) is 15.5. The van der Waals surface area contributed by atoms with E-state index < -0.39 is 12.1 Å². The molecule has 1 amide bonds. The van der Waals surface area contributed by atoms with Crippen LogP contribution in [-0.4, -0.2) is 42.3 Å². The molecule has 2 heterocycles. The van der Waals surface area contributed by atoms with Crippen LogP contribution in [0.25, 0.3) is 22.2 Å². The second-order valence-corrected chi connectivity index (χ2v) is 8.26. The van der Waals surface area contributed by atoms with Crippen molar-refractivity contribution in [3.63, 3.8) is 0 Å². The maximum atomic E-state index is 12.5. The number of fused-ring (bicyclic) bond motifs is 1. The number of amides is 1. The molecule has 2 N–H and O–H groups in total. The Morgan fingerprint density at radius 1 is 1.30 bits per heavy atom. The van der Waals surface area contributed by atoms with Crippen molar-refractivity contribution >= 4 is 17.0 Å². The van der Waals surface area contributed by atoms with E-state index in [1.807, 2.05) is 50.2 Å². The molecule has 3 aromatic rings. The summed E-state index contributed by atoms with van der Waals surface area (Å²) in [7, 11) is 0. The van der Waals surface area contributed by atoms with Crippen molar-refractivity contribution in [1.29, 1.82) is 5.26 Å². The quantitative estimate of drug-likeness (QED) is 0.600. The lowest BCUT2D eigenvalue weighted by atomic mass is 9.99. The molecule has 2 aromatic carbocycles. The molecule has 0 aliphatic carbocycles. The number of carbonyl (C=O) groups is 1. The summed E-state index contributed by atoms with van der Waals surface area (Å²) >= 11 is 0. The van der Waals surface area contributed by atoms with Gasteiger partial charge in [0.1, 0.15) is 12.1 Å². The van der Waals surface area contributed by atoms with Crippen LogP contribution >= 0.6 is 0 Å². The van der Waals surface area contributed by atoms with Crippen LogP contribution in [0.5, 0.6) is 0 Å². The van der Waals surface area contributed by atoms with Crippen LogP contribution in [0.4, 0.5) is 0 Å². The number of aryl methyl sites for hydroxylation is 2. The molecular weight excluding hydrogens is 420 g/mol. The molecule has 1 fully saturated rings. The van der Waals surface area contributed by atoms with Crippen molar-refractivity contribution in [2.45, 2.75) is 45.4 Å². The molecule has 1 aromatic heterocycles. The van der Waals surface area contributed by atoms with Crippen LogP contribution in [0, 0.1) is 18.3 Å². The molecule has 8 heteroatoms. The number of benzene rings is 2. The minimum absolute atomic E-state index is 0.265. The number of nitriles is 1. The Kier molecular flexibility index (Phi) is 6.92. The van der Waals surface area contributed by atoms with E-state index in [0.717, 1.165) is 40.7 Å². The van der Waals surface area contributed by atoms with Gasteiger partial charge in [-0.05, 0) is 61.2 Å². The van der Waals surface area contributed by atoms with Gasteiger partial charge in [-0.1, -0.05) is 24.3 Å². The zero-order valence-electron chi connectivity index (χ0n) is 18.9. The minimum Gasteiger partial charge on any atom is -0.407 e. The maximum absolute atomic E-state index is 12.5. The van der Waals surface area contributed by atoms with Gasteiger partial charge in [-0.15, -0.1) is 0 Å². The van der Waals surface area contributed by atoms with E-state index in [1.54, 1.807) is 4.57 Å². The van der Waals surface area contributed by atoms with Gasteiger partial charge < -0.3 is 19.8 Å². The second-order valence-electron chi connectivity index (χ2n) is 8.26. The lowest BCUT2D eigenvalue weighted by Gasteiger charge is -2.18. The fourth-order valence-electron chi connectivity index (χ4n) is 4.14. The van der Waals surface area contributed by atoms with Crippen molar-refractivity contribution in [2.75, 3.05) is 19.7 Å². The number of carbonyl (C=O) groups excluding carboxylic acids is 1. The molecule has 8 nitrogen and oxygen atoms in total. The average molecular weight is 449 g/mol. The van der Waals surface area contributed by atoms with E-state index in [2.05, 4.69) is 16.7 Å². The molecule has 1 saturated heterocycles. The third-order valence-electron chi connectivity index (χ3n) is 5.91. The van der Waals surface area contributed by atoms with Crippen LogP contribution in [0.2, 0.25) is 0 Å². The number of nitrogens with zero attached hydrogens (tertiary/aromatic N) is 2. The fourth-order valence-corrected chi connectivity index (χ4v) is 4.14. The molecule has 0 unspecified atom stereocenters. The number of aromatic nitrogens is 1. The number of oxazole rings is 1. The lowest BCUT2D eigenvalue weighted by Crippen LogP contribution is -2.46. The summed E-state index contributed by atoms with van der Waals surface area (Å²) in [5.74, 6) is -0.615. The van der Waals surface area contributed by atoms with Gasteiger partial charge >= 0.3 is 5.76 Å². The summed E-state index contributed by atoms with van der Waals surface area (Å²) in [6, 6.07) is 13.4. The molecular formula is C25H28N4O4. The van der Waals surface area contributed by atoms with Crippen LogP contribution in [0.1, 0.15) is 24.5 Å². The van der Waals surface area contributed by atoms with Gasteiger partial charge in [0.2, 0.25) is 0 Å². The SMILES string of the molecule is CCn1c(=O)oc2c(C)cc(-c3ccc(C[C@@H](C#N)NC(=O)[C@@H]4CNCCCO4)cc3)cc21. The number of nitrogens with one attached hydrogen (secondary N) is 2. The first kappa shape index (κ1) is 22.8. The van der Waals surface area contributed by atoms with E-state index in [0.29, 0.717) is 31.7 Å². The molecule has 0 spiro atoms. The van der Waals surface area contributed by atoms with E-state index in [4.69, 9.17) is 9.15 Å². The highest BCUT2D eigenvalue weighted by Gasteiger charge is 2.23. The number of hydrogen-bond acceptors (Lipinski definition) is 6. The van der Waals surface area contributed by atoms with Crippen LogP contribution in [0.15, 0.2) is 45.6 Å². The molecule has 2 atom stereocenters. The number of ether oxygens (including phenoxy) is 1. The predicted octanol–water partition coefficient (Wildman–Crippen LogP) is 2.52. The van der Waals surface area contributed by atoms with E-state index in [1.165, 1.54) is 0 Å². The first-order valence-corrected chi connectivity index (χ1v) is 11.3. The summed E-state index contributed by atoms with van der Waals surface area (Å²) in [4.78, 5) is 24.6. The van der Waals surface area contributed by atoms with E-state index in [-0.39, 0.29) is 11.7 Å². The first-order chi connectivity index (χ1) is 16.0. The van der Waals surface area contributed by atoms with Gasteiger partial charge in [0.05, 0.1) is 11.6 Å². The Labute approximate surface area is 192 Å². The Balaban J connectivity index is 1.48. The monoisotopic (exact) mass is 448 g/mol. The molecule has 0 saturated carbocycles. The molecule has 0 bridgehead atoms. The third kappa shape index (κ3) is 5.00. The zero-order valence-corrected chi connectivity index (χ0v) is 18.9. The average Bonchev–Trinajstić information content (AvgIpc) is 2.97. The van der Waals surface area contributed by atoms with Crippen molar-refractivity contribution < 1.29 is 13.9 Å². The van der Waals surface area contributed by atoms with Gasteiger partial charge in [-0.25, -0.2) is 4.79 Å². The molecule has 1 aliphatic heterocycles. The molecule has 172 valence electrons. The highest BCUT2D eigenvalue weighted by atomic mass is 16.5. The Bertz CT molecular complexity index is 1230. The minimum atomic E-state index is -0.640. The second kappa shape index (κ2) is 10.0. The van der Waals surface area contributed by atoms with Gasteiger partial charge in [0.15, 0.2) is 5.58 Å². The van der Waals surface area contributed by atoms with Crippen molar-refractivity contribution in [1.82, 2.24) is 15.2 Å². The summed E-state index contributed by atoms with van der Waals surface area (Å²) in [5.41, 5.74) is 5.22. The summed E-state index contributed by atoms with van der Waals surface area (Å²) in [6.07, 6.45) is 0.687. The van der Waals surface area contributed by atoms with E-state index in [9.17, 15) is 14.9 Å². The Hall–Kier alpha value is -3.41. The summed E-state index contributed by atoms with van der Waals surface area (Å²) < 4.78 is 12.6. The van der Waals surface area contributed by atoms with Gasteiger partial charge in [-0.2, -0.15) is 5.26 Å². The zero-order chi connectivity index (χ0) is 23.4. The Morgan fingerprint density at radius 3 is 2.82 bits per heavy atom. The molecule has 0 radical (unpaired) electrons. The van der Waals surface area contributed by atoms with Crippen molar-refractivity contribution in [3.05, 3.63) is 58.1 Å². The largest absolute Gasteiger partial charge is 0.419 e. The van der Waals surface area contributed by atoms with E-state index >= 15 is 0 Å². The molecule has 1 aliphatic rings. The first-order valence-electron chi connectivity index (χ1n) is 11.3. The predicted molar refractivity (Wildman–Crippen MR) is 125 cm³/mol. The van der Waals surface area contributed by atoms with Crippen LogP contribution < -0.4 is 16.4 Å². The standard InChI is InChI=1S/C25H28N4O4/c1-3-29-21-13-19(11-16(2)23(21)33-25(29)31)18-7-5-17(6-8-18)12-20(14-26)28-24(30)22-15-27-9-4-10-32-22/h5-8,11,13,20,22,27H,3-4,9-10,12,15H2,1-2H3,(H,28,30)/t20-,22-/m0/s1. The van der Waals surface area contributed by atoms with Gasteiger partial charge in [0, 0.05) is 26.1 Å². The van der Waals surface area contributed by atoms with Crippen LogP contribution in [0.3, 0.4) is 0 Å². The van der Waals surface area contributed by atoms with Crippen molar-refractivity contribution in [3.8, 4) is 17.2 Å². The van der Waals surface area contributed by atoms with Gasteiger partial charge in [0.25, 0.3) is 5.91 Å². The van der Waals surface area contributed by atoms with Crippen LogP contribution in [-0.2, 0) is 22.5 Å².